The molecule has 1 aromatic carbocycles. The summed E-state index contributed by atoms with van der Waals surface area (Å²) in [6.07, 6.45) is 2.13. The molecule has 5 heteroatoms. The molecule has 3 aliphatic heterocycles. The Bertz CT molecular complexity index is 601. The van der Waals surface area contributed by atoms with E-state index in [0.29, 0.717) is 18.9 Å². The molecule has 3 heterocycles. The highest BCUT2D eigenvalue weighted by Gasteiger charge is 2.38. The molecule has 4 rings (SSSR count). The second-order valence-corrected chi connectivity index (χ2v) is 6.12. The van der Waals surface area contributed by atoms with E-state index in [4.69, 9.17) is 0 Å². The van der Waals surface area contributed by atoms with Crippen LogP contribution in [0.4, 0.5) is 5.69 Å². The number of piperazine rings is 1. The number of hydrogen-bond acceptors (Lipinski definition) is 3. The van der Waals surface area contributed by atoms with Gasteiger partial charge in [0.1, 0.15) is 6.04 Å². The van der Waals surface area contributed by atoms with E-state index in [1.165, 1.54) is 11.3 Å². The van der Waals surface area contributed by atoms with Crippen molar-refractivity contribution < 1.29 is 9.59 Å². The molecule has 1 aromatic rings. The van der Waals surface area contributed by atoms with Gasteiger partial charge in [-0.05, 0) is 24.5 Å². The Morgan fingerprint density at radius 2 is 2.10 bits per heavy atom. The van der Waals surface area contributed by atoms with Crippen molar-refractivity contribution in [2.24, 2.45) is 0 Å². The van der Waals surface area contributed by atoms with Crippen LogP contribution in [0.3, 0.4) is 0 Å². The third-order valence-corrected chi connectivity index (χ3v) is 4.84. The average molecular weight is 285 g/mol. The van der Waals surface area contributed by atoms with Crippen molar-refractivity contribution in [1.82, 2.24) is 10.2 Å². The molecule has 1 N–H and O–H groups in total. The second-order valence-electron chi connectivity index (χ2n) is 6.12. The van der Waals surface area contributed by atoms with Crippen molar-refractivity contribution in [3.05, 3.63) is 29.8 Å². The topological polar surface area (TPSA) is 52.7 Å². The third kappa shape index (κ3) is 2.07. The molecule has 21 heavy (non-hydrogen) atoms. The number of amides is 2. The van der Waals surface area contributed by atoms with Gasteiger partial charge in [-0.3, -0.25) is 9.59 Å². The molecule has 110 valence electrons. The number of nitrogens with zero attached hydrogens (tertiary/aromatic N) is 2. The van der Waals surface area contributed by atoms with Crippen LogP contribution in [0.25, 0.3) is 0 Å². The lowest BCUT2D eigenvalue weighted by Crippen LogP contribution is -2.56. The van der Waals surface area contributed by atoms with Crippen LogP contribution in [0.15, 0.2) is 24.3 Å². The van der Waals surface area contributed by atoms with Crippen molar-refractivity contribution in [3.63, 3.8) is 0 Å². The first-order chi connectivity index (χ1) is 10.2. The minimum absolute atomic E-state index is 0.000238. The van der Waals surface area contributed by atoms with E-state index in [1.807, 2.05) is 4.90 Å². The van der Waals surface area contributed by atoms with E-state index in [1.54, 1.807) is 0 Å². The number of nitrogens with one attached hydrogen (secondary N) is 1. The molecule has 0 spiro atoms. The Hall–Kier alpha value is -2.04. The summed E-state index contributed by atoms with van der Waals surface area (Å²) in [6, 6.07) is 8.59. The van der Waals surface area contributed by atoms with Crippen molar-refractivity contribution >= 4 is 17.5 Å². The second kappa shape index (κ2) is 4.76. The predicted molar refractivity (Wildman–Crippen MR) is 79.0 cm³/mol. The molecule has 5 nitrogen and oxygen atoms in total. The zero-order valence-electron chi connectivity index (χ0n) is 11.9. The van der Waals surface area contributed by atoms with Gasteiger partial charge in [0.05, 0.1) is 6.04 Å². The first kappa shape index (κ1) is 12.7. The van der Waals surface area contributed by atoms with Gasteiger partial charge in [-0.2, -0.15) is 0 Å². The summed E-state index contributed by atoms with van der Waals surface area (Å²) in [5.41, 5.74) is 2.70. The van der Waals surface area contributed by atoms with E-state index in [9.17, 15) is 9.59 Å². The predicted octanol–water partition coefficient (Wildman–Crippen LogP) is 0.538. The summed E-state index contributed by atoms with van der Waals surface area (Å²) in [7, 11) is 0. The zero-order chi connectivity index (χ0) is 14.4. The molecule has 0 aliphatic carbocycles. The zero-order valence-corrected chi connectivity index (χ0v) is 11.9. The maximum Gasteiger partial charge on any atom is 0.245 e. The molecule has 0 saturated carbocycles. The van der Waals surface area contributed by atoms with Crippen molar-refractivity contribution in [3.8, 4) is 0 Å². The molecular weight excluding hydrogens is 266 g/mol. The van der Waals surface area contributed by atoms with Crippen molar-refractivity contribution in [2.75, 3.05) is 24.5 Å². The van der Waals surface area contributed by atoms with Crippen LogP contribution in [-0.2, 0) is 16.0 Å². The van der Waals surface area contributed by atoms with Crippen LogP contribution >= 0.6 is 0 Å². The molecule has 2 unspecified atom stereocenters. The van der Waals surface area contributed by atoms with E-state index in [2.05, 4.69) is 34.5 Å². The van der Waals surface area contributed by atoms with Crippen LogP contribution in [0.5, 0.6) is 0 Å². The van der Waals surface area contributed by atoms with Gasteiger partial charge in [0, 0.05) is 31.7 Å². The summed E-state index contributed by atoms with van der Waals surface area (Å²) < 4.78 is 0. The number of para-hydroxylation sites is 1. The number of fused-ring (bicyclic) bond motifs is 3. The summed E-state index contributed by atoms with van der Waals surface area (Å²) in [5, 5.41) is 2.78. The van der Waals surface area contributed by atoms with Gasteiger partial charge in [0.25, 0.3) is 0 Å². The number of benzene rings is 1. The van der Waals surface area contributed by atoms with Gasteiger partial charge < -0.3 is 15.1 Å². The first-order valence-corrected chi connectivity index (χ1v) is 7.65. The molecule has 0 radical (unpaired) electrons. The molecule has 3 aliphatic rings. The number of carbonyl (C=O) groups is 2. The smallest absolute Gasteiger partial charge is 0.245 e. The fourth-order valence-electron chi connectivity index (χ4n) is 3.78. The van der Waals surface area contributed by atoms with Crippen molar-refractivity contribution in [1.29, 1.82) is 0 Å². The molecule has 2 amide bonds. The largest absolute Gasteiger partial charge is 0.364 e. The van der Waals surface area contributed by atoms with Gasteiger partial charge >= 0.3 is 0 Å². The number of rotatable bonds is 1. The Kier molecular flexibility index (Phi) is 2.87. The molecule has 0 aromatic heterocycles. The van der Waals surface area contributed by atoms with Crippen LogP contribution in [0, 0.1) is 0 Å². The molecule has 2 fully saturated rings. The molecule has 2 saturated heterocycles. The summed E-state index contributed by atoms with van der Waals surface area (Å²) >= 11 is 0. The van der Waals surface area contributed by atoms with Crippen LogP contribution < -0.4 is 10.2 Å². The lowest BCUT2D eigenvalue weighted by atomic mass is 10.1. The highest BCUT2D eigenvalue weighted by Crippen LogP contribution is 2.34. The maximum atomic E-state index is 12.5. The van der Waals surface area contributed by atoms with Gasteiger partial charge in [-0.15, -0.1) is 0 Å². The number of carbonyl (C=O) groups excluding carboxylic acids is 2. The minimum Gasteiger partial charge on any atom is -0.364 e. The monoisotopic (exact) mass is 285 g/mol. The van der Waals surface area contributed by atoms with E-state index >= 15 is 0 Å². The SMILES string of the molecule is O=C1CCC(C(=O)N2CCN3c4ccccc4CC3C2)N1. The Balaban J connectivity index is 1.47. The Morgan fingerprint density at radius 3 is 2.90 bits per heavy atom. The summed E-state index contributed by atoms with van der Waals surface area (Å²) in [4.78, 5) is 28.1. The van der Waals surface area contributed by atoms with E-state index in [-0.39, 0.29) is 17.9 Å². The van der Waals surface area contributed by atoms with Gasteiger partial charge in [-0.25, -0.2) is 0 Å². The fraction of sp³-hybridized carbons (Fsp3) is 0.500. The normalized spacial score (nSPS) is 27.3. The first-order valence-electron chi connectivity index (χ1n) is 7.65. The molecule has 2 atom stereocenters. The number of hydrogen-bond donors (Lipinski definition) is 1. The van der Waals surface area contributed by atoms with Gasteiger partial charge in [0.2, 0.25) is 11.8 Å². The van der Waals surface area contributed by atoms with E-state index < -0.39 is 0 Å². The van der Waals surface area contributed by atoms with Crippen LogP contribution in [0.1, 0.15) is 18.4 Å². The lowest BCUT2D eigenvalue weighted by Gasteiger charge is -2.40. The molecule has 0 bridgehead atoms. The average Bonchev–Trinajstić information content (AvgIpc) is 3.09. The highest BCUT2D eigenvalue weighted by molar-refractivity contribution is 5.91. The Morgan fingerprint density at radius 1 is 1.24 bits per heavy atom. The van der Waals surface area contributed by atoms with E-state index in [0.717, 1.165) is 26.1 Å². The Labute approximate surface area is 123 Å². The maximum absolute atomic E-state index is 12.5. The summed E-state index contributed by atoms with van der Waals surface area (Å²) in [6.45, 7) is 2.39. The van der Waals surface area contributed by atoms with Crippen molar-refractivity contribution in [2.45, 2.75) is 31.3 Å². The van der Waals surface area contributed by atoms with Gasteiger partial charge in [0.15, 0.2) is 0 Å². The van der Waals surface area contributed by atoms with Crippen LogP contribution in [-0.4, -0.2) is 48.4 Å². The summed E-state index contributed by atoms with van der Waals surface area (Å²) in [5.74, 6) is 0.0942. The van der Waals surface area contributed by atoms with Gasteiger partial charge in [-0.1, -0.05) is 18.2 Å². The minimum atomic E-state index is -0.298. The quantitative estimate of drug-likeness (QED) is 0.819. The molecular formula is C16H19N3O2. The fourth-order valence-corrected chi connectivity index (χ4v) is 3.78. The highest BCUT2D eigenvalue weighted by atomic mass is 16.2. The van der Waals surface area contributed by atoms with Crippen LogP contribution in [0.2, 0.25) is 0 Å². The third-order valence-electron chi connectivity index (χ3n) is 4.84. The number of anilines is 1. The lowest BCUT2D eigenvalue weighted by molar-refractivity contribution is -0.135. The standard InChI is InChI=1S/C16H19N3O2/c20-15-6-5-13(17-15)16(21)18-7-8-19-12(10-18)9-11-3-1-2-4-14(11)19/h1-4,12-13H,5-10H2,(H,17,20).